The normalized spacial score (nSPS) is 12.4. The van der Waals surface area contributed by atoms with Gasteiger partial charge in [0.15, 0.2) is 0 Å². The van der Waals surface area contributed by atoms with Crippen molar-refractivity contribution in [3.63, 3.8) is 0 Å². The van der Waals surface area contributed by atoms with E-state index in [2.05, 4.69) is 22.6 Å². The second kappa shape index (κ2) is 5.60. The van der Waals surface area contributed by atoms with Crippen LogP contribution in [0.5, 0.6) is 0 Å². The van der Waals surface area contributed by atoms with Crippen LogP contribution in [0.1, 0.15) is 13.3 Å². The lowest BCUT2D eigenvalue weighted by Crippen LogP contribution is -2.14. The van der Waals surface area contributed by atoms with Gasteiger partial charge in [-0.2, -0.15) is 0 Å². The molecule has 0 saturated carbocycles. The van der Waals surface area contributed by atoms with E-state index in [4.69, 9.17) is 5.11 Å². The number of halogens is 1. The maximum absolute atomic E-state index is 10.8. The summed E-state index contributed by atoms with van der Waals surface area (Å²) in [6.45, 7) is 1.89. The smallest absolute Gasteiger partial charge is 0.316 e. The van der Waals surface area contributed by atoms with Crippen molar-refractivity contribution in [3.8, 4) is 0 Å². The first-order valence-electron chi connectivity index (χ1n) is 4.28. The molecule has 0 heterocycles. The summed E-state index contributed by atoms with van der Waals surface area (Å²) in [6.07, 6.45) is 0.645. The van der Waals surface area contributed by atoms with Crippen LogP contribution in [0.25, 0.3) is 0 Å². The van der Waals surface area contributed by atoms with Crippen LogP contribution >= 0.6 is 34.4 Å². The number of rotatable bonds is 4. The maximum atomic E-state index is 10.8. The van der Waals surface area contributed by atoms with Gasteiger partial charge in [-0.3, -0.25) is 4.79 Å². The SMILES string of the molecule is CCC(Sc1ccc(I)cc1)C(=O)O. The molecule has 0 radical (unpaired) electrons. The summed E-state index contributed by atoms with van der Waals surface area (Å²) >= 11 is 3.63. The minimum absolute atomic E-state index is 0.338. The van der Waals surface area contributed by atoms with Gasteiger partial charge < -0.3 is 5.11 Å². The topological polar surface area (TPSA) is 37.3 Å². The van der Waals surface area contributed by atoms with Gasteiger partial charge in [-0.25, -0.2) is 0 Å². The molecule has 2 nitrogen and oxygen atoms in total. The van der Waals surface area contributed by atoms with Gasteiger partial charge in [-0.1, -0.05) is 6.92 Å². The molecule has 1 rings (SSSR count). The molecule has 0 fully saturated rings. The molecular weight excluding hydrogens is 311 g/mol. The lowest BCUT2D eigenvalue weighted by Gasteiger charge is -2.08. The Labute approximate surface area is 101 Å². The second-order valence-electron chi connectivity index (χ2n) is 2.81. The maximum Gasteiger partial charge on any atom is 0.316 e. The summed E-state index contributed by atoms with van der Waals surface area (Å²) in [6, 6.07) is 7.88. The van der Waals surface area contributed by atoms with Gasteiger partial charge in [0.25, 0.3) is 0 Å². The molecule has 0 saturated heterocycles. The van der Waals surface area contributed by atoms with Crippen LogP contribution < -0.4 is 0 Å². The number of aliphatic carboxylic acids is 1. The minimum atomic E-state index is -0.740. The average molecular weight is 322 g/mol. The Morgan fingerprint density at radius 1 is 1.50 bits per heavy atom. The molecule has 76 valence electrons. The van der Waals surface area contributed by atoms with E-state index in [9.17, 15) is 4.79 Å². The highest BCUT2D eigenvalue weighted by Crippen LogP contribution is 2.25. The Bertz CT molecular complexity index is 310. The highest BCUT2D eigenvalue weighted by Gasteiger charge is 2.15. The quantitative estimate of drug-likeness (QED) is 0.683. The van der Waals surface area contributed by atoms with Crippen LogP contribution in [0, 0.1) is 3.57 Å². The third kappa shape index (κ3) is 3.49. The van der Waals surface area contributed by atoms with E-state index in [0.29, 0.717) is 6.42 Å². The van der Waals surface area contributed by atoms with Crippen molar-refractivity contribution in [3.05, 3.63) is 27.8 Å². The van der Waals surface area contributed by atoms with E-state index in [1.54, 1.807) is 0 Å². The van der Waals surface area contributed by atoms with Crippen LogP contribution in [0.3, 0.4) is 0 Å². The first-order chi connectivity index (χ1) is 6.63. The summed E-state index contributed by atoms with van der Waals surface area (Å²) in [5.41, 5.74) is 0. The molecule has 0 bridgehead atoms. The number of carboxylic acid groups (broad SMARTS) is 1. The van der Waals surface area contributed by atoms with Gasteiger partial charge in [0.05, 0.1) is 0 Å². The van der Waals surface area contributed by atoms with E-state index >= 15 is 0 Å². The van der Waals surface area contributed by atoms with Crippen molar-refractivity contribution in [1.29, 1.82) is 0 Å². The van der Waals surface area contributed by atoms with Crippen molar-refractivity contribution in [1.82, 2.24) is 0 Å². The van der Waals surface area contributed by atoms with Gasteiger partial charge >= 0.3 is 5.97 Å². The second-order valence-corrected chi connectivity index (χ2v) is 5.33. The van der Waals surface area contributed by atoms with Crippen LogP contribution in [0.4, 0.5) is 0 Å². The van der Waals surface area contributed by atoms with E-state index in [-0.39, 0.29) is 5.25 Å². The van der Waals surface area contributed by atoms with Crippen molar-refractivity contribution >= 4 is 40.3 Å². The van der Waals surface area contributed by atoms with Crippen LogP contribution in [0.2, 0.25) is 0 Å². The lowest BCUT2D eigenvalue weighted by atomic mass is 10.3. The standard InChI is InChI=1S/C10H11IO2S/c1-2-9(10(12)13)14-8-5-3-7(11)4-6-8/h3-6,9H,2H2,1H3,(H,12,13). The highest BCUT2D eigenvalue weighted by molar-refractivity contribution is 14.1. The van der Waals surface area contributed by atoms with Crippen LogP contribution in [-0.2, 0) is 4.79 Å². The zero-order chi connectivity index (χ0) is 10.6. The monoisotopic (exact) mass is 322 g/mol. The molecule has 0 aliphatic rings. The Balaban J connectivity index is 2.67. The average Bonchev–Trinajstić information content (AvgIpc) is 2.16. The summed E-state index contributed by atoms with van der Waals surface area (Å²) in [5.74, 6) is -0.740. The summed E-state index contributed by atoms with van der Waals surface area (Å²) in [5, 5.41) is 8.53. The van der Waals surface area contributed by atoms with Crippen LogP contribution in [-0.4, -0.2) is 16.3 Å². The molecule has 1 N–H and O–H groups in total. The van der Waals surface area contributed by atoms with Crippen molar-refractivity contribution in [2.45, 2.75) is 23.5 Å². The predicted octanol–water partition coefficient (Wildman–Crippen LogP) is 3.25. The first kappa shape index (κ1) is 11.8. The molecule has 1 aromatic rings. The molecule has 0 spiro atoms. The van der Waals surface area contributed by atoms with Gasteiger partial charge in [0.1, 0.15) is 5.25 Å². The highest BCUT2D eigenvalue weighted by atomic mass is 127. The Morgan fingerprint density at radius 2 is 2.07 bits per heavy atom. The molecule has 1 unspecified atom stereocenters. The first-order valence-corrected chi connectivity index (χ1v) is 6.24. The number of thioether (sulfide) groups is 1. The predicted molar refractivity (Wildman–Crippen MR) is 66.7 cm³/mol. The van der Waals surface area contributed by atoms with E-state index < -0.39 is 5.97 Å². The minimum Gasteiger partial charge on any atom is -0.480 e. The lowest BCUT2D eigenvalue weighted by molar-refractivity contribution is -0.136. The molecule has 1 aromatic carbocycles. The molecule has 0 aliphatic carbocycles. The molecule has 4 heteroatoms. The van der Waals surface area contributed by atoms with Gasteiger partial charge in [0.2, 0.25) is 0 Å². The fourth-order valence-electron chi connectivity index (χ4n) is 0.986. The van der Waals surface area contributed by atoms with Crippen LogP contribution in [0.15, 0.2) is 29.2 Å². The third-order valence-corrected chi connectivity index (χ3v) is 3.82. The third-order valence-electron chi connectivity index (χ3n) is 1.74. The largest absolute Gasteiger partial charge is 0.480 e. The van der Waals surface area contributed by atoms with Crippen molar-refractivity contribution < 1.29 is 9.90 Å². The summed E-state index contributed by atoms with van der Waals surface area (Å²) in [4.78, 5) is 11.8. The molecular formula is C10H11IO2S. The fourth-order valence-corrected chi connectivity index (χ4v) is 2.23. The van der Waals surface area contributed by atoms with E-state index in [1.165, 1.54) is 11.8 Å². The zero-order valence-electron chi connectivity index (χ0n) is 7.74. The summed E-state index contributed by atoms with van der Waals surface area (Å²) < 4.78 is 1.16. The molecule has 14 heavy (non-hydrogen) atoms. The zero-order valence-corrected chi connectivity index (χ0v) is 10.7. The number of carbonyl (C=O) groups is 1. The van der Waals surface area contributed by atoms with Gasteiger partial charge in [0, 0.05) is 8.47 Å². The van der Waals surface area contributed by atoms with E-state index in [1.807, 2.05) is 31.2 Å². The Kier molecular flexibility index (Phi) is 4.74. The Morgan fingerprint density at radius 3 is 2.50 bits per heavy atom. The fraction of sp³-hybridized carbons (Fsp3) is 0.300. The Hall–Kier alpha value is -0.230. The van der Waals surface area contributed by atoms with Gasteiger partial charge in [-0.15, -0.1) is 11.8 Å². The molecule has 0 aliphatic heterocycles. The summed E-state index contributed by atoms with van der Waals surface area (Å²) in [7, 11) is 0. The van der Waals surface area contributed by atoms with Crippen molar-refractivity contribution in [2.24, 2.45) is 0 Å². The van der Waals surface area contributed by atoms with E-state index in [0.717, 1.165) is 8.47 Å². The number of hydrogen-bond donors (Lipinski definition) is 1. The number of hydrogen-bond acceptors (Lipinski definition) is 2. The number of benzene rings is 1. The van der Waals surface area contributed by atoms with Gasteiger partial charge in [-0.05, 0) is 53.3 Å². The molecule has 0 aromatic heterocycles. The number of carboxylic acids is 1. The molecule has 0 amide bonds. The van der Waals surface area contributed by atoms with Crippen molar-refractivity contribution in [2.75, 3.05) is 0 Å². The molecule has 1 atom stereocenters.